The summed E-state index contributed by atoms with van der Waals surface area (Å²) in [4.78, 5) is 2.71. The van der Waals surface area contributed by atoms with Crippen LogP contribution in [0.25, 0.3) is 0 Å². The van der Waals surface area contributed by atoms with Crippen molar-refractivity contribution in [3.8, 4) is 5.75 Å². The molecule has 1 unspecified atom stereocenters. The van der Waals surface area contributed by atoms with E-state index in [4.69, 9.17) is 4.74 Å². The molecule has 2 aliphatic rings. The molecule has 1 aliphatic heterocycles. The van der Waals surface area contributed by atoms with Gasteiger partial charge in [0.25, 0.3) is 0 Å². The Morgan fingerprint density at radius 1 is 1.16 bits per heavy atom. The smallest absolute Gasteiger partial charge is 0.122 e. The van der Waals surface area contributed by atoms with Crippen molar-refractivity contribution in [3.05, 3.63) is 29.3 Å². The van der Waals surface area contributed by atoms with Gasteiger partial charge in [0.2, 0.25) is 0 Å². The first kappa shape index (κ1) is 14.7. The maximum absolute atomic E-state index is 5.48. The second-order valence-corrected chi connectivity index (χ2v) is 5.59. The standard InChI is InChI=1S/C16H23NO.ClH/c1-18-16-7-5-6-13-12-14(8-9-15(13)16)17-10-3-2-4-11-17;/h5-7,14H,2-4,8-12H2,1H3;1H. The fourth-order valence-corrected chi connectivity index (χ4v) is 3.54. The third-order valence-electron chi connectivity index (χ3n) is 4.54. The summed E-state index contributed by atoms with van der Waals surface area (Å²) in [5.74, 6) is 1.09. The Morgan fingerprint density at radius 2 is 1.95 bits per heavy atom. The molecule has 1 fully saturated rings. The van der Waals surface area contributed by atoms with Crippen molar-refractivity contribution >= 4 is 12.4 Å². The maximum Gasteiger partial charge on any atom is 0.122 e. The third-order valence-corrected chi connectivity index (χ3v) is 4.54. The van der Waals surface area contributed by atoms with Crippen molar-refractivity contribution in [2.24, 2.45) is 0 Å². The third kappa shape index (κ3) is 3.06. The van der Waals surface area contributed by atoms with Gasteiger partial charge >= 0.3 is 0 Å². The van der Waals surface area contributed by atoms with E-state index in [1.165, 1.54) is 62.7 Å². The lowest BCUT2D eigenvalue weighted by atomic mass is 9.86. The highest BCUT2D eigenvalue weighted by Gasteiger charge is 2.26. The fourth-order valence-electron chi connectivity index (χ4n) is 3.54. The number of fused-ring (bicyclic) bond motifs is 1. The Bertz CT molecular complexity index is 415. The van der Waals surface area contributed by atoms with Crippen molar-refractivity contribution in [3.63, 3.8) is 0 Å². The van der Waals surface area contributed by atoms with Crippen LogP contribution in [0, 0.1) is 0 Å². The average Bonchev–Trinajstić information content (AvgIpc) is 2.47. The molecule has 1 aliphatic carbocycles. The Balaban J connectivity index is 0.00000133. The number of piperidine rings is 1. The number of benzene rings is 1. The predicted octanol–water partition coefficient (Wildman–Crippen LogP) is 3.46. The molecule has 0 amide bonds. The molecule has 1 atom stereocenters. The molecular weight excluding hydrogens is 258 g/mol. The molecule has 0 bridgehead atoms. The molecule has 0 spiro atoms. The lowest BCUT2D eigenvalue weighted by Crippen LogP contribution is -2.42. The molecule has 3 rings (SSSR count). The monoisotopic (exact) mass is 281 g/mol. The number of halogens is 1. The van der Waals surface area contributed by atoms with Gasteiger partial charge in [0, 0.05) is 6.04 Å². The van der Waals surface area contributed by atoms with Gasteiger partial charge in [-0.05, 0) is 62.4 Å². The number of methoxy groups -OCH3 is 1. The van der Waals surface area contributed by atoms with Crippen molar-refractivity contribution in [2.75, 3.05) is 20.2 Å². The Morgan fingerprint density at radius 3 is 2.68 bits per heavy atom. The lowest BCUT2D eigenvalue weighted by molar-refractivity contribution is 0.149. The number of rotatable bonds is 2. The second-order valence-electron chi connectivity index (χ2n) is 5.59. The number of nitrogens with zero attached hydrogens (tertiary/aromatic N) is 1. The van der Waals surface area contributed by atoms with Gasteiger partial charge in [0.1, 0.15) is 5.75 Å². The molecule has 19 heavy (non-hydrogen) atoms. The molecule has 0 N–H and O–H groups in total. The van der Waals surface area contributed by atoms with Crippen LogP contribution in [0.4, 0.5) is 0 Å². The minimum absolute atomic E-state index is 0. The van der Waals surface area contributed by atoms with Crippen LogP contribution in [0.15, 0.2) is 18.2 Å². The normalized spacial score (nSPS) is 23.3. The average molecular weight is 282 g/mol. The van der Waals surface area contributed by atoms with Crippen LogP contribution < -0.4 is 4.74 Å². The first-order valence-corrected chi connectivity index (χ1v) is 7.27. The Kier molecular flexibility index (Phi) is 5.12. The van der Waals surface area contributed by atoms with Crippen molar-refractivity contribution in [1.29, 1.82) is 0 Å². The first-order valence-electron chi connectivity index (χ1n) is 7.27. The van der Waals surface area contributed by atoms with E-state index in [1.54, 1.807) is 7.11 Å². The van der Waals surface area contributed by atoms with Gasteiger partial charge in [0.05, 0.1) is 7.11 Å². The minimum Gasteiger partial charge on any atom is -0.496 e. The molecule has 2 nitrogen and oxygen atoms in total. The van der Waals surface area contributed by atoms with Crippen LogP contribution in [-0.2, 0) is 12.8 Å². The maximum atomic E-state index is 5.48. The second kappa shape index (κ2) is 6.62. The largest absolute Gasteiger partial charge is 0.496 e. The number of likely N-dealkylation sites (tertiary alicyclic amines) is 1. The van der Waals surface area contributed by atoms with E-state index in [2.05, 4.69) is 23.1 Å². The van der Waals surface area contributed by atoms with Crippen molar-refractivity contribution in [1.82, 2.24) is 4.90 Å². The molecule has 106 valence electrons. The van der Waals surface area contributed by atoms with Crippen molar-refractivity contribution in [2.45, 2.75) is 44.6 Å². The van der Waals surface area contributed by atoms with E-state index in [0.29, 0.717) is 0 Å². The van der Waals surface area contributed by atoms with Crippen LogP contribution in [0.3, 0.4) is 0 Å². The minimum atomic E-state index is 0. The van der Waals surface area contributed by atoms with E-state index in [1.807, 2.05) is 0 Å². The van der Waals surface area contributed by atoms with Crippen LogP contribution in [0.1, 0.15) is 36.8 Å². The fraction of sp³-hybridized carbons (Fsp3) is 0.625. The lowest BCUT2D eigenvalue weighted by Gasteiger charge is -2.37. The van der Waals surface area contributed by atoms with Gasteiger partial charge in [-0.15, -0.1) is 12.4 Å². The number of hydrogen-bond acceptors (Lipinski definition) is 2. The summed E-state index contributed by atoms with van der Waals surface area (Å²) in [6.07, 6.45) is 7.90. The summed E-state index contributed by atoms with van der Waals surface area (Å²) in [5.41, 5.74) is 2.96. The molecule has 1 aromatic rings. The zero-order chi connectivity index (χ0) is 12.4. The van der Waals surface area contributed by atoms with Crippen LogP contribution in [0.2, 0.25) is 0 Å². The Hall–Kier alpha value is -0.730. The summed E-state index contributed by atoms with van der Waals surface area (Å²) in [5, 5.41) is 0. The predicted molar refractivity (Wildman–Crippen MR) is 81.5 cm³/mol. The molecule has 0 saturated carbocycles. The summed E-state index contributed by atoms with van der Waals surface area (Å²) >= 11 is 0. The van der Waals surface area contributed by atoms with Crippen LogP contribution >= 0.6 is 12.4 Å². The molecule has 1 heterocycles. The summed E-state index contributed by atoms with van der Waals surface area (Å²) in [7, 11) is 1.78. The SMILES string of the molecule is COc1cccc2c1CCC(N1CCCCC1)C2.Cl. The zero-order valence-corrected chi connectivity index (χ0v) is 12.5. The van der Waals surface area contributed by atoms with Gasteiger partial charge in [0.15, 0.2) is 0 Å². The highest BCUT2D eigenvalue weighted by Crippen LogP contribution is 2.32. The van der Waals surface area contributed by atoms with Crippen LogP contribution in [0.5, 0.6) is 5.75 Å². The van der Waals surface area contributed by atoms with Crippen LogP contribution in [-0.4, -0.2) is 31.1 Å². The van der Waals surface area contributed by atoms with Gasteiger partial charge in [-0.2, -0.15) is 0 Å². The van der Waals surface area contributed by atoms with E-state index in [-0.39, 0.29) is 12.4 Å². The van der Waals surface area contributed by atoms with E-state index in [0.717, 1.165) is 11.8 Å². The van der Waals surface area contributed by atoms with Crippen molar-refractivity contribution < 1.29 is 4.74 Å². The summed E-state index contributed by atoms with van der Waals surface area (Å²) in [6, 6.07) is 7.29. The molecule has 1 aromatic carbocycles. The summed E-state index contributed by atoms with van der Waals surface area (Å²) < 4.78 is 5.48. The first-order chi connectivity index (χ1) is 8.88. The van der Waals surface area contributed by atoms with E-state index >= 15 is 0 Å². The molecule has 3 heteroatoms. The summed E-state index contributed by atoms with van der Waals surface area (Å²) in [6.45, 7) is 2.62. The van der Waals surface area contributed by atoms with Gasteiger partial charge < -0.3 is 9.64 Å². The van der Waals surface area contributed by atoms with Gasteiger partial charge in [-0.25, -0.2) is 0 Å². The van der Waals surface area contributed by atoms with E-state index in [9.17, 15) is 0 Å². The number of hydrogen-bond donors (Lipinski definition) is 0. The highest BCUT2D eigenvalue weighted by molar-refractivity contribution is 5.85. The molecule has 0 radical (unpaired) electrons. The van der Waals surface area contributed by atoms with E-state index < -0.39 is 0 Å². The molecule has 1 saturated heterocycles. The molecule has 0 aromatic heterocycles. The number of ether oxygens (including phenoxy) is 1. The van der Waals surface area contributed by atoms with Gasteiger partial charge in [-0.3, -0.25) is 0 Å². The topological polar surface area (TPSA) is 12.5 Å². The van der Waals surface area contributed by atoms with Gasteiger partial charge in [-0.1, -0.05) is 18.6 Å². The zero-order valence-electron chi connectivity index (χ0n) is 11.7. The highest BCUT2D eigenvalue weighted by atomic mass is 35.5. The molecular formula is C16H24ClNO. The Labute approximate surface area is 122 Å². The quantitative estimate of drug-likeness (QED) is 0.823.